The highest BCUT2D eigenvalue weighted by Gasteiger charge is 2.24. The molecule has 5 nitrogen and oxygen atoms in total. The van der Waals surface area contributed by atoms with Crippen LogP contribution in [0.2, 0.25) is 0 Å². The van der Waals surface area contributed by atoms with Gasteiger partial charge in [-0.2, -0.15) is 0 Å². The van der Waals surface area contributed by atoms with Gasteiger partial charge in [0, 0.05) is 30.9 Å². The molecule has 106 valence electrons. The molecule has 1 fully saturated rings. The second kappa shape index (κ2) is 5.25. The highest BCUT2D eigenvalue weighted by Crippen LogP contribution is 2.12. The van der Waals surface area contributed by atoms with Crippen LogP contribution >= 0.6 is 0 Å². The number of nitrogens with zero attached hydrogens (tertiary/aromatic N) is 2. The molecular formula is C15H19N3O2. The zero-order valence-electron chi connectivity index (χ0n) is 11.6. The number of carbonyl (C=O) groups is 1. The number of rotatable bonds is 3. The van der Waals surface area contributed by atoms with Crippen LogP contribution < -0.4 is 10.0 Å². The van der Waals surface area contributed by atoms with E-state index in [1.54, 1.807) is 0 Å². The molecule has 3 rings (SSSR count). The molecular weight excluding hydrogens is 254 g/mol. The lowest BCUT2D eigenvalue weighted by Crippen LogP contribution is -3.12. The van der Waals surface area contributed by atoms with E-state index in [1.165, 1.54) is 10.6 Å². The summed E-state index contributed by atoms with van der Waals surface area (Å²) >= 11 is 0. The van der Waals surface area contributed by atoms with E-state index in [0.29, 0.717) is 12.8 Å². The third-order valence-electron chi connectivity index (χ3n) is 4.27. The Hall–Kier alpha value is -1.88. The largest absolute Gasteiger partial charge is 0.550 e. The van der Waals surface area contributed by atoms with Crippen LogP contribution in [-0.4, -0.2) is 28.4 Å². The van der Waals surface area contributed by atoms with Crippen LogP contribution in [0.3, 0.4) is 0 Å². The Kier molecular flexibility index (Phi) is 3.44. The number of fused-ring (bicyclic) bond motifs is 1. The minimum Gasteiger partial charge on any atom is -0.550 e. The third kappa shape index (κ3) is 2.41. The van der Waals surface area contributed by atoms with Gasteiger partial charge in [0.1, 0.15) is 12.2 Å². The van der Waals surface area contributed by atoms with Crippen molar-refractivity contribution in [1.82, 2.24) is 9.38 Å². The van der Waals surface area contributed by atoms with Crippen LogP contribution in [-0.2, 0) is 11.3 Å². The molecule has 1 saturated heterocycles. The predicted molar refractivity (Wildman–Crippen MR) is 72.1 cm³/mol. The Morgan fingerprint density at radius 2 is 2.20 bits per heavy atom. The summed E-state index contributed by atoms with van der Waals surface area (Å²) in [6.07, 6.45) is 3.47. The molecule has 0 aliphatic carbocycles. The topological polar surface area (TPSA) is 61.9 Å². The van der Waals surface area contributed by atoms with Gasteiger partial charge in [0.25, 0.3) is 0 Å². The first-order chi connectivity index (χ1) is 9.65. The van der Waals surface area contributed by atoms with Crippen LogP contribution in [0.25, 0.3) is 5.65 Å². The number of carboxylic acid groups (broad SMARTS) is 1. The van der Waals surface area contributed by atoms with Crippen LogP contribution in [0.1, 0.15) is 24.2 Å². The van der Waals surface area contributed by atoms with Gasteiger partial charge in [-0.1, -0.05) is 6.07 Å². The zero-order chi connectivity index (χ0) is 14.1. The van der Waals surface area contributed by atoms with Crippen LogP contribution in [0.4, 0.5) is 0 Å². The molecule has 5 heteroatoms. The highest BCUT2D eigenvalue weighted by molar-refractivity contribution is 5.67. The molecule has 0 amide bonds. The molecule has 0 bridgehead atoms. The number of carboxylic acids is 1. The number of aliphatic carboxylic acids is 1. The first kappa shape index (κ1) is 13.1. The van der Waals surface area contributed by atoms with E-state index in [1.807, 2.05) is 31.3 Å². The summed E-state index contributed by atoms with van der Waals surface area (Å²) in [4.78, 5) is 16.9. The van der Waals surface area contributed by atoms with Crippen molar-refractivity contribution in [2.45, 2.75) is 26.3 Å². The Bertz CT molecular complexity index is 627. The summed E-state index contributed by atoms with van der Waals surface area (Å²) < 4.78 is 2.13. The van der Waals surface area contributed by atoms with Gasteiger partial charge in [-0.25, -0.2) is 4.98 Å². The average molecular weight is 273 g/mol. The van der Waals surface area contributed by atoms with Gasteiger partial charge in [0.15, 0.2) is 0 Å². The molecule has 1 aliphatic rings. The lowest BCUT2D eigenvalue weighted by atomic mass is 9.97. The number of hydrogen-bond donors (Lipinski definition) is 1. The molecule has 0 saturated carbocycles. The molecule has 20 heavy (non-hydrogen) atoms. The van der Waals surface area contributed by atoms with Crippen molar-refractivity contribution in [3.05, 3.63) is 35.8 Å². The van der Waals surface area contributed by atoms with Crippen LogP contribution in [0.15, 0.2) is 24.4 Å². The Balaban J connectivity index is 1.74. The fraction of sp³-hybridized carbons (Fsp3) is 0.467. The second-order valence-electron chi connectivity index (χ2n) is 5.59. The first-order valence-electron chi connectivity index (χ1n) is 7.12. The van der Waals surface area contributed by atoms with Gasteiger partial charge >= 0.3 is 0 Å². The summed E-state index contributed by atoms with van der Waals surface area (Å²) in [7, 11) is 0. The van der Waals surface area contributed by atoms with Crippen molar-refractivity contribution in [3.63, 3.8) is 0 Å². The van der Waals surface area contributed by atoms with E-state index in [9.17, 15) is 9.90 Å². The maximum absolute atomic E-state index is 10.9. The smallest absolute Gasteiger partial charge is 0.137 e. The molecule has 1 N–H and O–H groups in total. The summed E-state index contributed by atoms with van der Waals surface area (Å²) in [5.41, 5.74) is 3.26. The molecule has 2 aromatic rings. The summed E-state index contributed by atoms with van der Waals surface area (Å²) in [5.74, 6) is -1.16. The van der Waals surface area contributed by atoms with Crippen molar-refractivity contribution in [2.24, 2.45) is 5.92 Å². The van der Waals surface area contributed by atoms with E-state index >= 15 is 0 Å². The van der Waals surface area contributed by atoms with E-state index in [4.69, 9.17) is 0 Å². The van der Waals surface area contributed by atoms with Gasteiger partial charge in [0.05, 0.1) is 24.5 Å². The fourth-order valence-electron chi connectivity index (χ4n) is 3.05. The molecule has 3 heterocycles. The van der Waals surface area contributed by atoms with Gasteiger partial charge in [0.2, 0.25) is 0 Å². The number of piperidine rings is 1. The maximum atomic E-state index is 10.9. The molecule has 0 unspecified atom stereocenters. The van der Waals surface area contributed by atoms with Gasteiger partial charge < -0.3 is 14.8 Å². The number of nitrogens with one attached hydrogen (secondary N) is 1. The quantitative estimate of drug-likeness (QED) is 0.795. The lowest BCUT2D eigenvalue weighted by molar-refractivity contribution is -0.919. The monoisotopic (exact) mass is 273 g/mol. The van der Waals surface area contributed by atoms with Crippen molar-refractivity contribution >= 4 is 11.6 Å². The third-order valence-corrected chi connectivity index (χ3v) is 4.27. The summed E-state index contributed by atoms with van der Waals surface area (Å²) in [6, 6.07) is 6.01. The predicted octanol–water partition coefficient (Wildman–Crippen LogP) is -0.812. The summed E-state index contributed by atoms with van der Waals surface area (Å²) in [5, 5.41) is 10.9. The second-order valence-corrected chi connectivity index (χ2v) is 5.59. The number of imidazole rings is 1. The number of quaternary nitrogens is 1. The number of aryl methyl sites for hydroxylation is 1. The number of likely N-dealkylation sites (tertiary alicyclic amines) is 1. The SMILES string of the molecule is Cc1nc2ccccn2c1C[NH+]1CCC(C(=O)[O-])CC1. The maximum Gasteiger partial charge on any atom is 0.137 e. The van der Waals surface area contributed by atoms with Crippen molar-refractivity contribution in [1.29, 1.82) is 0 Å². The van der Waals surface area contributed by atoms with Gasteiger partial charge in [-0.15, -0.1) is 0 Å². The van der Waals surface area contributed by atoms with E-state index in [0.717, 1.165) is 31.0 Å². The number of carbonyl (C=O) groups excluding carboxylic acids is 1. The average Bonchev–Trinajstić information content (AvgIpc) is 2.76. The molecule has 0 radical (unpaired) electrons. The van der Waals surface area contributed by atoms with Crippen LogP contribution in [0.5, 0.6) is 0 Å². The molecule has 0 aromatic carbocycles. The molecule has 0 spiro atoms. The zero-order valence-corrected chi connectivity index (χ0v) is 11.6. The summed E-state index contributed by atoms with van der Waals surface area (Å²) in [6.45, 7) is 4.71. The van der Waals surface area contributed by atoms with E-state index in [-0.39, 0.29) is 5.92 Å². The molecule has 0 atom stereocenters. The Morgan fingerprint density at radius 3 is 2.90 bits per heavy atom. The standard InChI is InChI=1S/C15H19N3O2/c1-11-13(18-7-3-2-4-14(18)16-11)10-17-8-5-12(6-9-17)15(19)20/h2-4,7,12H,5-6,8-10H2,1H3,(H,19,20). The first-order valence-corrected chi connectivity index (χ1v) is 7.12. The number of pyridine rings is 1. The number of aromatic nitrogens is 2. The normalized spacial score (nSPS) is 23.1. The van der Waals surface area contributed by atoms with E-state index < -0.39 is 5.97 Å². The number of hydrogen-bond acceptors (Lipinski definition) is 3. The van der Waals surface area contributed by atoms with Crippen molar-refractivity contribution < 1.29 is 14.8 Å². The van der Waals surface area contributed by atoms with E-state index in [2.05, 4.69) is 9.38 Å². The fourth-order valence-corrected chi connectivity index (χ4v) is 3.05. The lowest BCUT2D eigenvalue weighted by Gasteiger charge is -2.29. The minimum atomic E-state index is -0.893. The highest BCUT2D eigenvalue weighted by atomic mass is 16.4. The minimum absolute atomic E-state index is 0.262. The van der Waals surface area contributed by atoms with Gasteiger partial charge in [-0.05, 0) is 19.1 Å². The van der Waals surface area contributed by atoms with Gasteiger partial charge in [-0.3, -0.25) is 4.40 Å². The molecule has 2 aromatic heterocycles. The molecule has 1 aliphatic heterocycles. The van der Waals surface area contributed by atoms with Crippen LogP contribution in [0, 0.1) is 12.8 Å². The Morgan fingerprint density at radius 1 is 1.45 bits per heavy atom. The Labute approximate surface area is 117 Å². The van der Waals surface area contributed by atoms with Crippen molar-refractivity contribution in [3.8, 4) is 0 Å². The van der Waals surface area contributed by atoms with Crippen molar-refractivity contribution in [2.75, 3.05) is 13.1 Å².